The first kappa shape index (κ1) is 19.8. The molecule has 1 aliphatic rings. The van der Waals surface area contributed by atoms with Gasteiger partial charge in [-0.15, -0.1) is 11.8 Å². The number of carboxylic acids is 1. The highest BCUT2D eigenvalue weighted by molar-refractivity contribution is 7.99. The Balaban J connectivity index is 1.88. The van der Waals surface area contributed by atoms with E-state index in [1.807, 2.05) is 31.2 Å². The van der Waals surface area contributed by atoms with Crippen LogP contribution in [-0.2, 0) is 20.1 Å². The van der Waals surface area contributed by atoms with Crippen LogP contribution in [0.4, 0.5) is 5.69 Å². The van der Waals surface area contributed by atoms with Crippen LogP contribution in [0, 0.1) is 0 Å². The van der Waals surface area contributed by atoms with E-state index < -0.39 is 12.1 Å². The number of hydrogen-bond donors (Lipinski definition) is 2. The number of hydrogen-bond acceptors (Lipinski definition) is 4. The van der Waals surface area contributed by atoms with E-state index in [4.69, 9.17) is 9.84 Å². The quantitative estimate of drug-likeness (QED) is 0.690. The first-order chi connectivity index (χ1) is 12.1. The molecule has 1 fully saturated rings. The minimum atomic E-state index is -0.819. The Morgan fingerprint density at radius 2 is 2.08 bits per heavy atom. The smallest absolute Gasteiger partial charge is 0.313 e. The molecule has 2 N–H and O–H groups in total. The minimum absolute atomic E-state index is 0.0731. The van der Waals surface area contributed by atoms with Crippen molar-refractivity contribution in [2.24, 2.45) is 0 Å². The topological polar surface area (TPSA) is 75.6 Å². The summed E-state index contributed by atoms with van der Waals surface area (Å²) in [5.74, 6) is -0.251. The van der Waals surface area contributed by atoms with Crippen LogP contribution in [0.3, 0.4) is 0 Å². The lowest BCUT2D eigenvalue weighted by Crippen LogP contribution is -2.34. The maximum atomic E-state index is 12.5. The number of rotatable bonds is 9. The van der Waals surface area contributed by atoms with Crippen LogP contribution in [-0.4, -0.2) is 34.9 Å². The van der Waals surface area contributed by atoms with Crippen molar-refractivity contribution in [2.45, 2.75) is 63.4 Å². The summed E-state index contributed by atoms with van der Waals surface area (Å²) >= 11 is 1.34. The van der Waals surface area contributed by atoms with Gasteiger partial charge in [0, 0.05) is 11.4 Å². The molecule has 5 nitrogen and oxygen atoms in total. The number of benzene rings is 1. The molecule has 0 saturated heterocycles. The van der Waals surface area contributed by atoms with E-state index >= 15 is 0 Å². The predicted octanol–water partition coefficient (Wildman–Crippen LogP) is 4.07. The first-order valence-electron chi connectivity index (χ1n) is 8.93. The van der Waals surface area contributed by atoms with Crippen molar-refractivity contribution < 1.29 is 19.4 Å². The Morgan fingerprint density at radius 1 is 1.32 bits per heavy atom. The Bertz CT molecular complexity index is 572. The molecule has 1 aromatic rings. The van der Waals surface area contributed by atoms with Crippen LogP contribution in [0.5, 0.6) is 0 Å². The summed E-state index contributed by atoms with van der Waals surface area (Å²) in [5.41, 5.74) is 1.72. The Labute approximate surface area is 153 Å². The van der Waals surface area contributed by atoms with Crippen LogP contribution in [0.25, 0.3) is 0 Å². The van der Waals surface area contributed by atoms with E-state index in [1.165, 1.54) is 31.0 Å². The maximum absolute atomic E-state index is 12.5. The highest BCUT2D eigenvalue weighted by Crippen LogP contribution is 2.23. The van der Waals surface area contributed by atoms with E-state index in [0.717, 1.165) is 24.1 Å². The zero-order chi connectivity index (χ0) is 18.1. The Kier molecular flexibility index (Phi) is 8.28. The lowest BCUT2D eigenvalue weighted by molar-refractivity contribution is -0.134. The van der Waals surface area contributed by atoms with Crippen molar-refractivity contribution in [2.75, 3.05) is 11.1 Å². The van der Waals surface area contributed by atoms with Crippen LogP contribution in [0.1, 0.15) is 51.0 Å². The molecule has 0 spiro atoms. The van der Waals surface area contributed by atoms with Crippen molar-refractivity contribution in [3.8, 4) is 0 Å². The van der Waals surface area contributed by atoms with Gasteiger partial charge in [-0.2, -0.15) is 0 Å². The van der Waals surface area contributed by atoms with Gasteiger partial charge in [0.25, 0.3) is 5.91 Å². The van der Waals surface area contributed by atoms with E-state index in [-0.39, 0.29) is 17.8 Å². The summed E-state index contributed by atoms with van der Waals surface area (Å²) in [5, 5.41) is 11.6. The average molecular weight is 365 g/mol. The first-order valence-corrected chi connectivity index (χ1v) is 10.1. The van der Waals surface area contributed by atoms with Crippen LogP contribution in [0.15, 0.2) is 24.3 Å². The number of carbonyl (C=O) groups excluding carboxylic acids is 1. The fraction of sp³-hybridized carbons (Fsp3) is 0.579. The molecule has 0 radical (unpaired) electrons. The summed E-state index contributed by atoms with van der Waals surface area (Å²) < 4.78 is 6.01. The van der Waals surface area contributed by atoms with E-state index in [9.17, 15) is 9.59 Å². The molecule has 138 valence electrons. The number of ether oxygens (including phenoxy) is 1. The summed E-state index contributed by atoms with van der Waals surface area (Å²) in [6, 6.07) is 7.53. The number of carboxylic acid groups (broad SMARTS) is 1. The third-order valence-corrected chi connectivity index (χ3v) is 5.25. The molecule has 6 heteroatoms. The van der Waals surface area contributed by atoms with Gasteiger partial charge in [-0.3, -0.25) is 9.59 Å². The van der Waals surface area contributed by atoms with E-state index in [2.05, 4.69) is 5.32 Å². The van der Waals surface area contributed by atoms with Crippen LogP contribution < -0.4 is 5.32 Å². The molecule has 1 aliphatic carbocycles. The second kappa shape index (κ2) is 10.5. The van der Waals surface area contributed by atoms with Gasteiger partial charge in [0.1, 0.15) is 6.10 Å². The molecule has 0 bridgehead atoms. The number of nitrogens with one attached hydrogen (secondary N) is 1. The number of amides is 1. The lowest BCUT2D eigenvalue weighted by Gasteiger charge is -2.26. The van der Waals surface area contributed by atoms with Crippen molar-refractivity contribution in [3.63, 3.8) is 0 Å². The zero-order valence-corrected chi connectivity index (χ0v) is 15.5. The Morgan fingerprint density at radius 3 is 2.76 bits per heavy atom. The second-order valence-electron chi connectivity index (χ2n) is 6.37. The molecule has 1 unspecified atom stereocenters. The molecular weight excluding hydrogens is 338 g/mol. The number of thioether (sulfide) groups is 1. The fourth-order valence-corrected chi connectivity index (χ4v) is 3.69. The largest absolute Gasteiger partial charge is 0.481 e. The van der Waals surface area contributed by atoms with Gasteiger partial charge in [0.15, 0.2) is 0 Å². The van der Waals surface area contributed by atoms with Crippen molar-refractivity contribution >= 4 is 29.3 Å². The normalized spacial score (nSPS) is 16.4. The average Bonchev–Trinajstić information content (AvgIpc) is 2.60. The van der Waals surface area contributed by atoms with E-state index in [1.54, 1.807) is 0 Å². The summed E-state index contributed by atoms with van der Waals surface area (Å²) in [4.78, 5) is 23.1. The van der Waals surface area contributed by atoms with Gasteiger partial charge in [-0.05, 0) is 37.0 Å². The highest BCUT2D eigenvalue weighted by Gasteiger charge is 2.23. The third-order valence-electron chi connectivity index (χ3n) is 4.26. The molecule has 1 atom stereocenters. The number of carbonyl (C=O) groups is 2. The SMILES string of the molecule is CCC(OC1CCCCC1)C(=O)Nc1cccc(CSCC(=O)O)c1. The minimum Gasteiger partial charge on any atom is -0.481 e. The van der Waals surface area contributed by atoms with Gasteiger partial charge in [-0.25, -0.2) is 0 Å². The fourth-order valence-electron chi connectivity index (χ4n) is 2.99. The molecule has 0 aromatic heterocycles. The molecule has 1 saturated carbocycles. The molecule has 1 aromatic carbocycles. The molecule has 25 heavy (non-hydrogen) atoms. The number of aliphatic carboxylic acids is 1. The molecule has 0 heterocycles. The van der Waals surface area contributed by atoms with Crippen molar-refractivity contribution in [3.05, 3.63) is 29.8 Å². The van der Waals surface area contributed by atoms with Gasteiger partial charge < -0.3 is 15.2 Å². The van der Waals surface area contributed by atoms with Crippen LogP contribution >= 0.6 is 11.8 Å². The maximum Gasteiger partial charge on any atom is 0.313 e. The van der Waals surface area contributed by atoms with Crippen molar-refractivity contribution in [1.82, 2.24) is 0 Å². The molecule has 1 amide bonds. The number of anilines is 1. The Hall–Kier alpha value is -1.53. The van der Waals surface area contributed by atoms with Gasteiger partial charge in [0.05, 0.1) is 11.9 Å². The van der Waals surface area contributed by atoms with E-state index in [0.29, 0.717) is 12.2 Å². The van der Waals surface area contributed by atoms with Crippen molar-refractivity contribution in [1.29, 1.82) is 0 Å². The molecule has 0 aliphatic heterocycles. The van der Waals surface area contributed by atoms with Gasteiger partial charge >= 0.3 is 5.97 Å². The summed E-state index contributed by atoms with van der Waals surface area (Å²) in [6.07, 6.45) is 6.13. The lowest BCUT2D eigenvalue weighted by atomic mass is 9.97. The molecule has 2 rings (SSSR count). The predicted molar refractivity (Wildman–Crippen MR) is 101 cm³/mol. The second-order valence-corrected chi connectivity index (χ2v) is 7.35. The summed E-state index contributed by atoms with van der Waals surface area (Å²) in [6.45, 7) is 1.96. The monoisotopic (exact) mass is 365 g/mol. The zero-order valence-electron chi connectivity index (χ0n) is 14.7. The molecular formula is C19H27NO4S. The standard InChI is InChI=1S/C19H27NO4S/c1-2-17(24-16-9-4-3-5-10-16)19(23)20-15-8-6-7-14(11-15)12-25-13-18(21)22/h6-8,11,16-17H,2-5,9-10,12-13H2,1H3,(H,20,23)(H,21,22). The van der Waals surface area contributed by atoms with Gasteiger partial charge in [0.2, 0.25) is 0 Å². The summed E-state index contributed by atoms with van der Waals surface area (Å²) in [7, 11) is 0. The van der Waals surface area contributed by atoms with Crippen LogP contribution in [0.2, 0.25) is 0 Å². The third kappa shape index (κ3) is 7.08. The highest BCUT2D eigenvalue weighted by atomic mass is 32.2. The van der Waals surface area contributed by atoms with Gasteiger partial charge in [-0.1, -0.05) is 38.3 Å².